The number of carbonyl (C=O) groups excluding carboxylic acids is 1. The van der Waals surface area contributed by atoms with Crippen LogP contribution in [0.2, 0.25) is 0 Å². The van der Waals surface area contributed by atoms with Crippen LogP contribution in [-0.4, -0.2) is 36.0 Å². The van der Waals surface area contributed by atoms with Gasteiger partial charge in [0.25, 0.3) is 5.91 Å². The minimum Gasteiger partial charge on any atom is -0.347 e. The summed E-state index contributed by atoms with van der Waals surface area (Å²) in [6, 6.07) is 3.04. The molecule has 21 heavy (non-hydrogen) atoms. The predicted molar refractivity (Wildman–Crippen MR) is 88.1 cm³/mol. The maximum absolute atomic E-state index is 12.5. The zero-order chi connectivity index (χ0) is 14.8. The predicted octanol–water partition coefficient (Wildman–Crippen LogP) is 3.37. The number of amides is 1. The average Bonchev–Trinajstić information content (AvgIpc) is 3.05. The van der Waals surface area contributed by atoms with Crippen molar-refractivity contribution < 1.29 is 4.79 Å². The van der Waals surface area contributed by atoms with Crippen LogP contribution in [0.25, 0.3) is 0 Å². The van der Waals surface area contributed by atoms with Crippen molar-refractivity contribution >= 4 is 17.2 Å². The second-order valence-electron chi connectivity index (χ2n) is 6.41. The van der Waals surface area contributed by atoms with Gasteiger partial charge in [-0.3, -0.25) is 9.69 Å². The van der Waals surface area contributed by atoms with Crippen molar-refractivity contribution in [3.63, 3.8) is 0 Å². The molecule has 1 amide bonds. The molecule has 3 rings (SSSR count). The summed E-state index contributed by atoms with van der Waals surface area (Å²) in [6.45, 7) is 6.69. The summed E-state index contributed by atoms with van der Waals surface area (Å²) in [7, 11) is 0. The summed E-state index contributed by atoms with van der Waals surface area (Å²) >= 11 is 1.65. The number of piperidine rings is 1. The summed E-state index contributed by atoms with van der Waals surface area (Å²) in [5, 5.41) is 3.31. The second-order valence-corrected chi connectivity index (χ2v) is 7.67. The number of nitrogens with zero attached hydrogens (tertiary/aromatic N) is 1. The molecule has 2 aliphatic rings. The lowest BCUT2D eigenvalue weighted by molar-refractivity contribution is 0.0919. The van der Waals surface area contributed by atoms with E-state index in [1.165, 1.54) is 36.2 Å². The van der Waals surface area contributed by atoms with Crippen molar-refractivity contribution in [2.75, 3.05) is 13.1 Å². The maximum atomic E-state index is 12.5. The Kier molecular flexibility index (Phi) is 4.65. The van der Waals surface area contributed by atoms with Gasteiger partial charge in [0.2, 0.25) is 0 Å². The Morgan fingerprint density at radius 3 is 3.05 bits per heavy atom. The Balaban J connectivity index is 1.64. The SMILES string of the molecule is CCCc1cc(C(=O)N[C@H]2CCN3CCCC[C@@H]23)sc1C. The van der Waals surface area contributed by atoms with E-state index in [1.54, 1.807) is 11.3 Å². The molecule has 0 bridgehead atoms. The van der Waals surface area contributed by atoms with Crippen molar-refractivity contribution in [2.24, 2.45) is 0 Å². The molecule has 0 unspecified atom stereocenters. The molecule has 0 saturated carbocycles. The zero-order valence-corrected chi connectivity index (χ0v) is 14.0. The van der Waals surface area contributed by atoms with Gasteiger partial charge in [-0.2, -0.15) is 0 Å². The topological polar surface area (TPSA) is 32.3 Å². The number of carbonyl (C=O) groups is 1. The van der Waals surface area contributed by atoms with Gasteiger partial charge < -0.3 is 5.32 Å². The summed E-state index contributed by atoms with van der Waals surface area (Å²) in [4.78, 5) is 17.3. The number of rotatable bonds is 4. The molecule has 2 saturated heterocycles. The molecule has 1 N–H and O–H groups in total. The quantitative estimate of drug-likeness (QED) is 0.925. The molecular weight excluding hydrogens is 280 g/mol. The number of hydrogen-bond acceptors (Lipinski definition) is 3. The van der Waals surface area contributed by atoms with Crippen LogP contribution >= 0.6 is 11.3 Å². The number of aryl methyl sites for hydroxylation is 2. The van der Waals surface area contributed by atoms with E-state index >= 15 is 0 Å². The van der Waals surface area contributed by atoms with E-state index in [1.807, 2.05) is 0 Å². The van der Waals surface area contributed by atoms with Crippen LogP contribution in [0.5, 0.6) is 0 Å². The van der Waals surface area contributed by atoms with Gasteiger partial charge in [0, 0.05) is 23.5 Å². The molecule has 0 radical (unpaired) electrons. The third-order valence-electron chi connectivity index (χ3n) is 4.94. The molecule has 3 heterocycles. The van der Waals surface area contributed by atoms with Crippen molar-refractivity contribution in [1.82, 2.24) is 10.2 Å². The first-order chi connectivity index (χ1) is 10.2. The van der Waals surface area contributed by atoms with E-state index in [9.17, 15) is 4.79 Å². The summed E-state index contributed by atoms with van der Waals surface area (Å²) in [6.07, 6.45) is 7.21. The lowest BCUT2D eigenvalue weighted by Crippen LogP contribution is -2.46. The minimum atomic E-state index is 0.142. The van der Waals surface area contributed by atoms with Gasteiger partial charge in [-0.1, -0.05) is 19.8 Å². The van der Waals surface area contributed by atoms with Crippen LogP contribution in [0.1, 0.15) is 59.1 Å². The van der Waals surface area contributed by atoms with E-state index in [-0.39, 0.29) is 5.91 Å². The van der Waals surface area contributed by atoms with Gasteiger partial charge >= 0.3 is 0 Å². The Labute approximate surface area is 131 Å². The van der Waals surface area contributed by atoms with Gasteiger partial charge in [-0.25, -0.2) is 0 Å². The number of hydrogen-bond donors (Lipinski definition) is 1. The Bertz CT molecular complexity index is 511. The largest absolute Gasteiger partial charge is 0.347 e. The van der Waals surface area contributed by atoms with Crippen LogP contribution in [0.15, 0.2) is 6.07 Å². The van der Waals surface area contributed by atoms with E-state index in [0.29, 0.717) is 12.1 Å². The molecule has 3 nitrogen and oxygen atoms in total. The first-order valence-electron chi connectivity index (χ1n) is 8.33. The highest BCUT2D eigenvalue weighted by Crippen LogP contribution is 2.28. The Hall–Kier alpha value is -0.870. The van der Waals surface area contributed by atoms with Crippen LogP contribution in [0.4, 0.5) is 0 Å². The van der Waals surface area contributed by atoms with Crippen molar-refractivity contribution in [2.45, 2.75) is 64.5 Å². The fraction of sp³-hybridized carbons (Fsp3) is 0.706. The maximum Gasteiger partial charge on any atom is 0.261 e. The van der Waals surface area contributed by atoms with Gasteiger partial charge in [0.05, 0.1) is 4.88 Å². The zero-order valence-electron chi connectivity index (χ0n) is 13.2. The first kappa shape index (κ1) is 15.0. The molecule has 1 aromatic rings. The summed E-state index contributed by atoms with van der Waals surface area (Å²) in [5.74, 6) is 0.142. The fourth-order valence-electron chi connectivity index (χ4n) is 3.80. The van der Waals surface area contributed by atoms with Crippen molar-refractivity contribution in [1.29, 1.82) is 0 Å². The normalized spacial score (nSPS) is 25.8. The molecule has 0 aromatic carbocycles. The number of fused-ring (bicyclic) bond motifs is 1. The highest BCUT2D eigenvalue weighted by atomic mass is 32.1. The molecule has 0 aliphatic carbocycles. The summed E-state index contributed by atoms with van der Waals surface area (Å²) in [5.41, 5.74) is 1.35. The van der Waals surface area contributed by atoms with Crippen LogP contribution in [0, 0.1) is 6.92 Å². The molecule has 2 fully saturated rings. The summed E-state index contributed by atoms with van der Waals surface area (Å²) < 4.78 is 0. The highest BCUT2D eigenvalue weighted by Gasteiger charge is 2.36. The first-order valence-corrected chi connectivity index (χ1v) is 9.15. The molecule has 116 valence electrons. The van der Waals surface area contributed by atoms with Gasteiger partial charge in [0.15, 0.2) is 0 Å². The van der Waals surface area contributed by atoms with Gasteiger partial charge in [0.1, 0.15) is 0 Å². The van der Waals surface area contributed by atoms with E-state index in [4.69, 9.17) is 0 Å². The lowest BCUT2D eigenvalue weighted by Gasteiger charge is -2.32. The van der Waals surface area contributed by atoms with E-state index in [0.717, 1.165) is 30.7 Å². The molecule has 2 atom stereocenters. The number of nitrogens with one attached hydrogen (secondary N) is 1. The third-order valence-corrected chi connectivity index (χ3v) is 6.03. The molecule has 0 spiro atoms. The van der Waals surface area contributed by atoms with Crippen LogP contribution < -0.4 is 5.32 Å². The average molecular weight is 306 g/mol. The highest BCUT2D eigenvalue weighted by molar-refractivity contribution is 7.14. The van der Waals surface area contributed by atoms with Gasteiger partial charge in [-0.15, -0.1) is 11.3 Å². The third kappa shape index (κ3) is 3.16. The molecule has 4 heteroatoms. The molecular formula is C17H26N2OS. The monoisotopic (exact) mass is 306 g/mol. The number of thiophene rings is 1. The lowest BCUT2D eigenvalue weighted by atomic mass is 9.99. The van der Waals surface area contributed by atoms with Crippen molar-refractivity contribution in [3.8, 4) is 0 Å². The molecule has 1 aromatic heterocycles. The van der Waals surface area contributed by atoms with Crippen LogP contribution in [-0.2, 0) is 6.42 Å². The Morgan fingerprint density at radius 2 is 2.24 bits per heavy atom. The second kappa shape index (κ2) is 6.49. The standard InChI is InChI=1S/C17H26N2OS/c1-3-6-13-11-16(21-12(13)2)17(20)18-14-8-10-19-9-5-4-7-15(14)19/h11,14-15H,3-10H2,1-2H3,(H,18,20)/t14-,15-/m0/s1. The van der Waals surface area contributed by atoms with Crippen molar-refractivity contribution in [3.05, 3.63) is 21.4 Å². The fourth-order valence-corrected chi connectivity index (χ4v) is 4.78. The smallest absolute Gasteiger partial charge is 0.261 e. The minimum absolute atomic E-state index is 0.142. The Morgan fingerprint density at radius 1 is 1.38 bits per heavy atom. The van der Waals surface area contributed by atoms with Gasteiger partial charge in [-0.05, 0) is 50.8 Å². The van der Waals surface area contributed by atoms with Crippen LogP contribution in [0.3, 0.4) is 0 Å². The van der Waals surface area contributed by atoms with E-state index in [2.05, 4.69) is 30.1 Å². The molecule has 2 aliphatic heterocycles. The van der Waals surface area contributed by atoms with E-state index < -0.39 is 0 Å².